The number of halogens is 1. The smallest absolute Gasteiger partial charge is 0.266 e. The minimum absolute atomic E-state index is 0.144. The Balaban J connectivity index is 3.09. The number of aromatic amines is 1. The number of hydrogen-bond acceptors (Lipinski definition) is 3. The van der Waals surface area contributed by atoms with Crippen molar-refractivity contribution in [3.63, 3.8) is 0 Å². The molecule has 0 fully saturated rings. The van der Waals surface area contributed by atoms with Crippen LogP contribution in [0, 0.1) is 15.9 Å². The van der Waals surface area contributed by atoms with Gasteiger partial charge in [0.15, 0.2) is 0 Å². The highest BCUT2D eigenvalue weighted by Crippen LogP contribution is 2.12. The van der Waals surface area contributed by atoms with Crippen molar-refractivity contribution in [2.24, 2.45) is 0 Å². The first kappa shape index (κ1) is 10.1. The Labute approximate surface area is 89.5 Å². The van der Waals surface area contributed by atoms with Gasteiger partial charge in [-0.15, -0.1) is 6.42 Å². The third kappa shape index (κ3) is 2.21. The first-order valence-corrected chi connectivity index (χ1v) is 4.62. The van der Waals surface area contributed by atoms with Crippen LogP contribution in [0.1, 0.15) is 0 Å². The molecule has 0 aliphatic heterocycles. The van der Waals surface area contributed by atoms with Gasteiger partial charge in [0.2, 0.25) is 0 Å². The highest BCUT2D eigenvalue weighted by molar-refractivity contribution is 14.1. The third-order valence-electron chi connectivity index (χ3n) is 1.47. The monoisotopic (exact) mass is 289 g/mol. The Hall–Kier alpha value is -1.03. The van der Waals surface area contributed by atoms with E-state index in [1.54, 1.807) is 11.9 Å². The summed E-state index contributed by atoms with van der Waals surface area (Å²) in [6.07, 6.45) is 6.51. The first-order valence-electron chi connectivity index (χ1n) is 3.54. The van der Waals surface area contributed by atoms with E-state index in [2.05, 4.69) is 15.9 Å². The summed E-state index contributed by atoms with van der Waals surface area (Å²) in [4.78, 5) is 19.4. The summed E-state index contributed by atoms with van der Waals surface area (Å²) in [5, 5.41) is 0. The van der Waals surface area contributed by atoms with E-state index >= 15 is 0 Å². The molecule has 0 aliphatic rings. The molecule has 0 aromatic carbocycles. The summed E-state index contributed by atoms with van der Waals surface area (Å²) in [6, 6.07) is 0. The molecular formula is C8H8IN3O. The van der Waals surface area contributed by atoms with E-state index in [1.165, 1.54) is 6.33 Å². The Bertz CT molecular complexity index is 393. The van der Waals surface area contributed by atoms with E-state index in [0.29, 0.717) is 15.9 Å². The van der Waals surface area contributed by atoms with Gasteiger partial charge in [0, 0.05) is 7.05 Å². The second-order valence-corrected chi connectivity index (χ2v) is 3.51. The fourth-order valence-corrected chi connectivity index (χ4v) is 1.56. The summed E-state index contributed by atoms with van der Waals surface area (Å²) in [7, 11) is 1.80. The molecule has 0 aliphatic carbocycles. The molecule has 1 heterocycles. The molecule has 0 unspecified atom stereocenters. The number of nitrogens with one attached hydrogen (secondary N) is 1. The van der Waals surface area contributed by atoms with Crippen LogP contribution in [0.4, 0.5) is 5.82 Å². The number of terminal acetylenes is 1. The van der Waals surface area contributed by atoms with Crippen molar-refractivity contribution < 1.29 is 0 Å². The Kier molecular flexibility index (Phi) is 3.31. The van der Waals surface area contributed by atoms with Crippen molar-refractivity contribution in [1.82, 2.24) is 9.97 Å². The Morgan fingerprint density at radius 1 is 1.85 bits per heavy atom. The maximum atomic E-state index is 11.2. The quantitative estimate of drug-likeness (QED) is 0.635. The molecule has 0 saturated carbocycles. The Morgan fingerprint density at radius 2 is 2.54 bits per heavy atom. The van der Waals surface area contributed by atoms with E-state index < -0.39 is 0 Å². The summed E-state index contributed by atoms with van der Waals surface area (Å²) >= 11 is 1.94. The lowest BCUT2D eigenvalue weighted by Crippen LogP contribution is -2.23. The molecule has 68 valence electrons. The van der Waals surface area contributed by atoms with E-state index in [-0.39, 0.29) is 5.56 Å². The zero-order valence-corrected chi connectivity index (χ0v) is 9.20. The lowest BCUT2D eigenvalue weighted by molar-refractivity contribution is 0.965. The van der Waals surface area contributed by atoms with Crippen LogP contribution in [0.15, 0.2) is 11.1 Å². The summed E-state index contributed by atoms with van der Waals surface area (Å²) in [6.45, 7) is 0.437. The normalized spacial score (nSPS) is 9.31. The number of H-pyrrole nitrogens is 1. The average molecular weight is 289 g/mol. The predicted octanol–water partition coefficient (Wildman–Crippen LogP) is 0.444. The zero-order chi connectivity index (χ0) is 9.84. The lowest BCUT2D eigenvalue weighted by Gasteiger charge is -2.14. The minimum Gasteiger partial charge on any atom is -0.347 e. The molecule has 0 amide bonds. The number of rotatable bonds is 2. The van der Waals surface area contributed by atoms with Gasteiger partial charge in [-0.1, -0.05) is 5.92 Å². The van der Waals surface area contributed by atoms with E-state index in [1.807, 2.05) is 22.6 Å². The molecule has 1 rings (SSSR count). The average Bonchev–Trinajstić information content (AvgIpc) is 2.10. The molecule has 0 atom stereocenters. The molecule has 0 radical (unpaired) electrons. The van der Waals surface area contributed by atoms with Gasteiger partial charge < -0.3 is 9.88 Å². The molecule has 1 N–H and O–H groups in total. The van der Waals surface area contributed by atoms with Crippen LogP contribution in [-0.2, 0) is 0 Å². The van der Waals surface area contributed by atoms with Crippen LogP contribution in [-0.4, -0.2) is 23.6 Å². The predicted molar refractivity (Wildman–Crippen MR) is 59.7 cm³/mol. The summed E-state index contributed by atoms with van der Waals surface area (Å²) in [5.41, 5.74) is -0.144. The van der Waals surface area contributed by atoms with Crippen LogP contribution >= 0.6 is 22.6 Å². The zero-order valence-electron chi connectivity index (χ0n) is 7.04. The van der Waals surface area contributed by atoms with E-state index in [9.17, 15) is 4.79 Å². The molecule has 1 aromatic rings. The van der Waals surface area contributed by atoms with Crippen molar-refractivity contribution in [2.75, 3.05) is 18.5 Å². The second kappa shape index (κ2) is 4.28. The van der Waals surface area contributed by atoms with Gasteiger partial charge in [0.05, 0.1) is 12.9 Å². The number of hydrogen-bond donors (Lipinski definition) is 1. The topological polar surface area (TPSA) is 49.0 Å². The number of anilines is 1. The standard InChI is InChI=1S/C8H8IN3O/c1-3-4-12(2)7-6(9)8(13)11-5-10-7/h1,5H,4H2,2H3,(H,10,11,13). The van der Waals surface area contributed by atoms with Crippen LogP contribution < -0.4 is 10.5 Å². The molecule has 13 heavy (non-hydrogen) atoms. The highest BCUT2D eigenvalue weighted by Gasteiger charge is 2.08. The lowest BCUT2D eigenvalue weighted by atomic mass is 10.5. The number of nitrogens with zero attached hydrogens (tertiary/aromatic N) is 2. The van der Waals surface area contributed by atoms with Crippen molar-refractivity contribution in [3.8, 4) is 12.3 Å². The third-order valence-corrected chi connectivity index (χ3v) is 2.44. The van der Waals surface area contributed by atoms with Crippen LogP contribution in [0.2, 0.25) is 0 Å². The molecule has 0 saturated heterocycles. The second-order valence-electron chi connectivity index (χ2n) is 2.43. The first-order chi connectivity index (χ1) is 6.16. The largest absolute Gasteiger partial charge is 0.347 e. The van der Waals surface area contributed by atoms with Crippen molar-refractivity contribution in [1.29, 1.82) is 0 Å². The van der Waals surface area contributed by atoms with E-state index in [0.717, 1.165) is 0 Å². The van der Waals surface area contributed by atoms with Crippen molar-refractivity contribution in [3.05, 3.63) is 20.3 Å². The summed E-state index contributed by atoms with van der Waals surface area (Å²) < 4.78 is 0.554. The van der Waals surface area contributed by atoms with Gasteiger partial charge in [-0.2, -0.15) is 0 Å². The molecular weight excluding hydrogens is 281 g/mol. The van der Waals surface area contributed by atoms with E-state index in [4.69, 9.17) is 6.42 Å². The maximum absolute atomic E-state index is 11.2. The van der Waals surface area contributed by atoms with Gasteiger partial charge in [0.1, 0.15) is 9.39 Å². The SMILES string of the molecule is C#CCN(C)c1nc[nH]c(=O)c1I. The minimum atomic E-state index is -0.144. The fourth-order valence-electron chi connectivity index (χ4n) is 0.852. The van der Waals surface area contributed by atoms with Gasteiger partial charge in [-0.05, 0) is 22.6 Å². The Morgan fingerprint density at radius 3 is 3.15 bits per heavy atom. The molecule has 1 aromatic heterocycles. The van der Waals surface area contributed by atoms with Gasteiger partial charge >= 0.3 is 0 Å². The van der Waals surface area contributed by atoms with Crippen molar-refractivity contribution in [2.45, 2.75) is 0 Å². The van der Waals surface area contributed by atoms with Crippen LogP contribution in [0.3, 0.4) is 0 Å². The van der Waals surface area contributed by atoms with Gasteiger partial charge in [0.25, 0.3) is 5.56 Å². The molecule has 5 heteroatoms. The van der Waals surface area contributed by atoms with Crippen molar-refractivity contribution >= 4 is 28.4 Å². The van der Waals surface area contributed by atoms with Gasteiger partial charge in [-0.3, -0.25) is 4.79 Å². The maximum Gasteiger partial charge on any atom is 0.266 e. The van der Waals surface area contributed by atoms with Crippen LogP contribution in [0.25, 0.3) is 0 Å². The van der Waals surface area contributed by atoms with Crippen LogP contribution in [0.5, 0.6) is 0 Å². The fraction of sp³-hybridized carbons (Fsp3) is 0.250. The summed E-state index contributed by atoms with van der Waals surface area (Å²) in [5.74, 6) is 3.10. The highest BCUT2D eigenvalue weighted by atomic mass is 127. The molecule has 4 nitrogen and oxygen atoms in total. The van der Waals surface area contributed by atoms with Gasteiger partial charge in [-0.25, -0.2) is 4.98 Å². The molecule has 0 bridgehead atoms. The molecule has 0 spiro atoms. The number of aromatic nitrogens is 2.